The highest BCUT2D eigenvalue weighted by atomic mass is 32.2. The fourth-order valence-electron chi connectivity index (χ4n) is 2.11. The van der Waals surface area contributed by atoms with E-state index in [4.69, 9.17) is 0 Å². The molecule has 0 atom stereocenters. The fourth-order valence-corrected chi connectivity index (χ4v) is 3.20. The molecule has 1 N–H and O–H groups in total. The minimum absolute atomic E-state index is 0.245. The van der Waals surface area contributed by atoms with E-state index < -0.39 is 10.2 Å². The van der Waals surface area contributed by atoms with Gasteiger partial charge >= 0.3 is 0 Å². The molecule has 0 aliphatic carbocycles. The lowest BCUT2D eigenvalue weighted by Gasteiger charge is -2.35. The Morgan fingerprint density at radius 1 is 1.24 bits per heavy atom. The molecule has 0 spiro atoms. The molecule has 1 aromatic heterocycles. The highest BCUT2D eigenvalue weighted by molar-refractivity contribution is 7.86. The summed E-state index contributed by atoms with van der Waals surface area (Å²) in [5, 5.41) is 0. The molecule has 1 aromatic rings. The molecule has 1 aliphatic rings. The maximum absolute atomic E-state index is 12.2. The molecule has 2 heterocycles. The number of pyridine rings is 1. The molecule has 0 bridgehead atoms. The minimum atomic E-state index is -3.45. The van der Waals surface area contributed by atoms with Crippen LogP contribution < -0.4 is 5.56 Å². The van der Waals surface area contributed by atoms with Crippen molar-refractivity contribution in [1.29, 1.82) is 0 Å². The number of nitrogens with zero attached hydrogens (tertiary/aromatic N) is 3. The van der Waals surface area contributed by atoms with Gasteiger partial charge in [0.25, 0.3) is 16.1 Å². The summed E-state index contributed by atoms with van der Waals surface area (Å²) in [4.78, 5) is 27.5. The maximum Gasteiger partial charge on any atom is 0.281 e. The minimum Gasteiger partial charge on any atom is -0.336 e. The summed E-state index contributed by atoms with van der Waals surface area (Å²) in [7, 11) is -0.496. The van der Waals surface area contributed by atoms with Crippen LogP contribution in [0.1, 0.15) is 10.4 Å². The van der Waals surface area contributed by atoms with Crippen LogP contribution in [0.15, 0.2) is 23.1 Å². The monoisotopic (exact) mass is 314 g/mol. The Bertz CT molecular complexity index is 674. The number of nitrogens with one attached hydrogen (secondary N) is 1. The van der Waals surface area contributed by atoms with Gasteiger partial charge in [0, 0.05) is 58.1 Å². The standard InChI is InChI=1S/C12H18N4O4S/c1-14(2)21(19,20)16-7-5-15(6-8-16)12(18)10-3-4-13-11(17)9-10/h3-4,9H,5-8H2,1-2H3,(H,13,17). The molecule has 0 radical (unpaired) electrons. The lowest BCUT2D eigenvalue weighted by molar-refractivity contribution is 0.0695. The van der Waals surface area contributed by atoms with Crippen molar-refractivity contribution in [2.75, 3.05) is 40.3 Å². The van der Waals surface area contributed by atoms with Crippen LogP contribution in [-0.2, 0) is 10.2 Å². The van der Waals surface area contributed by atoms with E-state index in [1.807, 2.05) is 0 Å². The first-order valence-corrected chi connectivity index (χ1v) is 7.87. The Labute approximate surface area is 123 Å². The molecule has 0 unspecified atom stereocenters. The summed E-state index contributed by atoms with van der Waals surface area (Å²) in [6.45, 7) is 1.10. The molecule has 0 saturated carbocycles. The molecule has 2 rings (SSSR count). The van der Waals surface area contributed by atoms with Crippen LogP contribution in [0.5, 0.6) is 0 Å². The van der Waals surface area contributed by atoms with Gasteiger partial charge in [-0.15, -0.1) is 0 Å². The average Bonchev–Trinajstić information content (AvgIpc) is 2.46. The zero-order valence-electron chi connectivity index (χ0n) is 11.9. The van der Waals surface area contributed by atoms with Crippen molar-refractivity contribution in [3.63, 3.8) is 0 Å². The van der Waals surface area contributed by atoms with Crippen LogP contribution in [0.25, 0.3) is 0 Å². The number of H-pyrrole nitrogens is 1. The zero-order valence-corrected chi connectivity index (χ0v) is 12.8. The number of hydrogen-bond donors (Lipinski definition) is 1. The van der Waals surface area contributed by atoms with Crippen molar-refractivity contribution in [3.05, 3.63) is 34.2 Å². The Kier molecular flexibility index (Phi) is 4.45. The number of rotatable bonds is 3. The number of carbonyl (C=O) groups is 1. The average molecular weight is 314 g/mol. The molecular weight excluding hydrogens is 296 g/mol. The van der Waals surface area contributed by atoms with Gasteiger partial charge in [-0.2, -0.15) is 17.0 Å². The highest BCUT2D eigenvalue weighted by Crippen LogP contribution is 2.11. The third-order valence-corrected chi connectivity index (χ3v) is 5.28. The van der Waals surface area contributed by atoms with Gasteiger partial charge in [0.15, 0.2) is 0 Å². The van der Waals surface area contributed by atoms with E-state index in [0.717, 1.165) is 4.31 Å². The second-order valence-electron chi connectivity index (χ2n) is 4.92. The Morgan fingerprint density at radius 3 is 2.38 bits per heavy atom. The van der Waals surface area contributed by atoms with Crippen molar-refractivity contribution in [1.82, 2.24) is 18.5 Å². The van der Waals surface area contributed by atoms with Gasteiger partial charge in [-0.25, -0.2) is 0 Å². The predicted octanol–water partition coefficient (Wildman–Crippen LogP) is -1.06. The number of piperazine rings is 1. The highest BCUT2D eigenvalue weighted by Gasteiger charge is 2.30. The van der Waals surface area contributed by atoms with E-state index in [1.165, 1.54) is 36.7 Å². The Balaban J connectivity index is 2.05. The third kappa shape index (κ3) is 3.31. The molecule has 116 valence electrons. The molecule has 0 aromatic carbocycles. The molecule has 1 saturated heterocycles. The normalized spacial score (nSPS) is 17.2. The van der Waals surface area contributed by atoms with Crippen molar-refractivity contribution in [2.45, 2.75) is 0 Å². The van der Waals surface area contributed by atoms with Crippen LogP contribution in [-0.4, -0.2) is 73.1 Å². The van der Waals surface area contributed by atoms with Crippen LogP contribution in [0.2, 0.25) is 0 Å². The Morgan fingerprint density at radius 2 is 1.86 bits per heavy atom. The van der Waals surface area contributed by atoms with E-state index in [0.29, 0.717) is 18.7 Å². The first kappa shape index (κ1) is 15.7. The van der Waals surface area contributed by atoms with Crippen molar-refractivity contribution in [2.24, 2.45) is 0 Å². The maximum atomic E-state index is 12.2. The molecule has 1 aliphatic heterocycles. The second-order valence-corrected chi connectivity index (χ2v) is 7.07. The van der Waals surface area contributed by atoms with Crippen molar-refractivity contribution in [3.8, 4) is 0 Å². The molecular formula is C12H18N4O4S. The van der Waals surface area contributed by atoms with E-state index in [-0.39, 0.29) is 24.6 Å². The number of carbonyl (C=O) groups excluding carboxylic acids is 1. The summed E-state index contributed by atoms with van der Waals surface area (Å²) in [6.07, 6.45) is 1.42. The van der Waals surface area contributed by atoms with Crippen LogP contribution >= 0.6 is 0 Å². The molecule has 9 heteroatoms. The van der Waals surface area contributed by atoms with E-state index in [1.54, 1.807) is 4.90 Å². The van der Waals surface area contributed by atoms with Crippen molar-refractivity contribution < 1.29 is 13.2 Å². The molecule has 1 amide bonds. The first-order valence-electron chi connectivity index (χ1n) is 6.48. The van der Waals surface area contributed by atoms with Crippen molar-refractivity contribution >= 4 is 16.1 Å². The third-order valence-electron chi connectivity index (χ3n) is 3.34. The topological polar surface area (TPSA) is 93.8 Å². The quantitative estimate of drug-likeness (QED) is 0.769. The first-order chi connectivity index (χ1) is 9.82. The Hall–Kier alpha value is -1.71. The number of hydrogen-bond acceptors (Lipinski definition) is 4. The zero-order chi connectivity index (χ0) is 15.6. The number of amides is 1. The summed E-state index contributed by atoms with van der Waals surface area (Å²) in [5.41, 5.74) is -0.0302. The number of aromatic amines is 1. The van der Waals surface area contributed by atoms with Crippen LogP contribution in [0.3, 0.4) is 0 Å². The lowest BCUT2D eigenvalue weighted by atomic mass is 10.2. The number of aromatic nitrogens is 1. The molecule has 8 nitrogen and oxygen atoms in total. The summed E-state index contributed by atoms with van der Waals surface area (Å²) in [6, 6.07) is 2.78. The molecule has 1 fully saturated rings. The van der Waals surface area contributed by atoms with E-state index >= 15 is 0 Å². The van der Waals surface area contributed by atoms with Gasteiger partial charge in [-0.1, -0.05) is 0 Å². The van der Waals surface area contributed by atoms with Gasteiger partial charge in [0.2, 0.25) is 5.56 Å². The lowest BCUT2D eigenvalue weighted by Crippen LogP contribution is -2.53. The van der Waals surface area contributed by atoms with Gasteiger partial charge in [0.05, 0.1) is 0 Å². The van der Waals surface area contributed by atoms with E-state index in [2.05, 4.69) is 4.98 Å². The summed E-state index contributed by atoms with van der Waals surface area (Å²) in [5.74, 6) is -0.261. The summed E-state index contributed by atoms with van der Waals surface area (Å²) < 4.78 is 26.5. The second kappa shape index (κ2) is 5.96. The van der Waals surface area contributed by atoms with Gasteiger partial charge in [0.1, 0.15) is 0 Å². The van der Waals surface area contributed by atoms with Crippen LogP contribution in [0, 0.1) is 0 Å². The van der Waals surface area contributed by atoms with Crippen LogP contribution in [0.4, 0.5) is 0 Å². The van der Waals surface area contributed by atoms with Gasteiger partial charge < -0.3 is 9.88 Å². The SMILES string of the molecule is CN(C)S(=O)(=O)N1CCN(C(=O)c2cc[nH]c(=O)c2)CC1. The van der Waals surface area contributed by atoms with Gasteiger partial charge in [-0.3, -0.25) is 9.59 Å². The van der Waals surface area contributed by atoms with Gasteiger partial charge in [-0.05, 0) is 6.07 Å². The van der Waals surface area contributed by atoms with E-state index in [9.17, 15) is 18.0 Å². The largest absolute Gasteiger partial charge is 0.336 e. The summed E-state index contributed by atoms with van der Waals surface area (Å²) >= 11 is 0. The smallest absolute Gasteiger partial charge is 0.281 e. The predicted molar refractivity (Wildman–Crippen MR) is 77.1 cm³/mol. The fraction of sp³-hybridized carbons (Fsp3) is 0.500. The molecule has 21 heavy (non-hydrogen) atoms.